The van der Waals surface area contributed by atoms with E-state index in [2.05, 4.69) is 10.6 Å². The molecule has 21 heavy (non-hydrogen) atoms. The maximum absolute atomic E-state index is 13.8. The minimum Gasteiger partial charge on any atom is -0.396 e. The Morgan fingerprint density at radius 2 is 1.90 bits per heavy atom. The number of benzene rings is 1. The van der Waals surface area contributed by atoms with Crippen molar-refractivity contribution in [3.8, 4) is 0 Å². The summed E-state index contributed by atoms with van der Waals surface area (Å²) in [6.45, 7) is 1.38. The van der Waals surface area contributed by atoms with Crippen LogP contribution in [0, 0.1) is 11.6 Å². The first-order valence-electron chi connectivity index (χ1n) is 6.54. The first-order chi connectivity index (χ1) is 9.95. The van der Waals surface area contributed by atoms with Crippen LogP contribution >= 0.6 is 0 Å². The van der Waals surface area contributed by atoms with Gasteiger partial charge in [-0.1, -0.05) is 6.07 Å². The Kier molecular flexibility index (Phi) is 6.74. The lowest BCUT2D eigenvalue weighted by atomic mass is 10.0. The van der Waals surface area contributed by atoms with E-state index in [0.29, 0.717) is 6.42 Å². The molecule has 0 fully saturated rings. The fraction of sp³-hybridized carbons (Fsp3) is 0.429. The maximum Gasteiger partial charge on any atom is 0.222 e. The highest BCUT2D eigenvalue weighted by Crippen LogP contribution is 2.23. The molecule has 0 bridgehead atoms. The van der Waals surface area contributed by atoms with Crippen molar-refractivity contribution in [3.05, 3.63) is 35.4 Å². The van der Waals surface area contributed by atoms with Gasteiger partial charge < -0.3 is 15.7 Å². The number of hydrogen-bond acceptors (Lipinski definition) is 3. The molecule has 0 heterocycles. The average molecular weight is 300 g/mol. The molecule has 7 heteroatoms. The highest BCUT2D eigenvalue weighted by Gasteiger charge is 2.23. The van der Waals surface area contributed by atoms with Crippen LogP contribution < -0.4 is 10.6 Å². The van der Waals surface area contributed by atoms with Gasteiger partial charge in [0.25, 0.3) is 0 Å². The summed E-state index contributed by atoms with van der Waals surface area (Å²) in [4.78, 5) is 22.9. The summed E-state index contributed by atoms with van der Waals surface area (Å²) in [6.07, 6.45) is 0.0907. The Morgan fingerprint density at radius 1 is 1.29 bits per heavy atom. The molecule has 0 radical (unpaired) electrons. The third-order valence-electron chi connectivity index (χ3n) is 2.77. The number of nitrogens with one attached hydrogen (secondary N) is 2. The van der Waals surface area contributed by atoms with Gasteiger partial charge in [-0.05, 0) is 18.6 Å². The molecule has 1 rings (SSSR count). The van der Waals surface area contributed by atoms with Gasteiger partial charge in [0, 0.05) is 25.6 Å². The van der Waals surface area contributed by atoms with Crippen LogP contribution in [0.4, 0.5) is 8.78 Å². The van der Waals surface area contributed by atoms with Gasteiger partial charge in [-0.2, -0.15) is 0 Å². The zero-order valence-corrected chi connectivity index (χ0v) is 11.7. The Labute approximate surface area is 121 Å². The van der Waals surface area contributed by atoms with E-state index < -0.39 is 29.5 Å². The standard InChI is InChI=1S/C14H18F2N2O3/c1-9(20)18-12(8-13(21)17-6-3-7-19)14-10(15)4-2-5-11(14)16/h2,4-5,12,19H,3,6-8H2,1H3,(H,17,21)(H,18,20). The number of hydrogen-bond donors (Lipinski definition) is 3. The van der Waals surface area contributed by atoms with Gasteiger partial charge in [0.2, 0.25) is 11.8 Å². The summed E-state index contributed by atoms with van der Waals surface area (Å²) in [5, 5.41) is 13.5. The molecule has 1 atom stereocenters. The third-order valence-corrected chi connectivity index (χ3v) is 2.77. The Balaban J connectivity index is 2.86. The van der Waals surface area contributed by atoms with Crippen molar-refractivity contribution >= 4 is 11.8 Å². The molecule has 0 aliphatic rings. The van der Waals surface area contributed by atoms with Gasteiger partial charge in [0.05, 0.1) is 12.5 Å². The summed E-state index contributed by atoms with van der Waals surface area (Å²) in [7, 11) is 0. The number of rotatable bonds is 7. The number of carbonyl (C=O) groups excluding carboxylic acids is 2. The summed E-state index contributed by atoms with van der Waals surface area (Å²) < 4.78 is 27.5. The van der Waals surface area contributed by atoms with Crippen LogP contribution in [-0.2, 0) is 9.59 Å². The maximum atomic E-state index is 13.8. The molecule has 0 saturated carbocycles. The van der Waals surface area contributed by atoms with Gasteiger partial charge in [-0.3, -0.25) is 9.59 Å². The summed E-state index contributed by atoms with van der Waals surface area (Å²) in [5.74, 6) is -2.61. The molecule has 0 aliphatic heterocycles. The SMILES string of the molecule is CC(=O)NC(CC(=O)NCCCO)c1c(F)cccc1F. The monoisotopic (exact) mass is 300 g/mol. The molecule has 0 spiro atoms. The second-order valence-electron chi connectivity index (χ2n) is 4.52. The van der Waals surface area contributed by atoms with E-state index in [1.165, 1.54) is 13.0 Å². The summed E-state index contributed by atoms with van der Waals surface area (Å²) in [6, 6.07) is 2.26. The van der Waals surface area contributed by atoms with E-state index in [0.717, 1.165) is 12.1 Å². The molecule has 116 valence electrons. The molecule has 0 aromatic heterocycles. The van der Waals surface area contributed by atoms with Gasteiger partial charge >= 0.3 is 0 Å². The third kappa shape index (κ3) is 5.47. The number of halogens is 2. The van der Waals surface area contributed by atoms with Crippen LogP contribution in [0.5, 0.6) is 0 Å². The normalized spacial score (nSPS) is 11.8. The first-order valence-corrected chi connectivity index (χ1v) is 6.54. The van der Waals surface area contributed by atoms with Crippen LogP contribution in [0.2, 0.25) is 0 Å². The molecule has 0 aliphatic carbocycles. The average Bonchev–Trinajstić information content (AvgIpc) is 2.37. The van der Waals surface area contributed by atoms with Crippen molar-refractivity contribution < 1.29 is 23.5 Å². The van der Waals surface area contributed by atoms with Crippen LogP contribution in [0.15, 0.2) is 18.2 Å². The van der Waals surface area contributed by atoms with Gasteiger partial charge in [0.15, 0.2) is 0 Å². The number of aliphatic hydroxyl groups is 1. The highest BCUT2D eigenvalue weighted by molar-refractivity contribution is 5.79. The second-order valence-corrected chi connectivity index (χ2v) is 4.52. The zero-order chi connectivity index (χ0) is 15.8. The van der Waals surface area contributed by atoms with E-state index >= 15 is 0 Å². The zero-order valence-electron chi connectivity index (χ0n) is 11.7. The van der Waals surface area contributed by atoms with Crippen LogP contribution in [-0.4, -0.2) is 30.1 Å². The van der Waals surface area contributed by atoms with Gasteiger partial charge in [-0.25, -0.2) is 8.78 Å². The molecule has 1 aromatic rings. The lowest BCUT2D eigenvalue weighted by Gasteiger charge is -2.19. The van der Waals surface area contributed by atoms with Crippen molar-refractivity contribution in [2.75, 3.05) is 13.2 Å². The van der Waals surface area contributed by atoms with Crippen molar-refractivity contribution in [1.82, 2.24) is 10.6 Å². The van der Waals surface area contributed by atoms with Crippen molar-refractivity contribution in [2.45, 2.75) is 25.8 Å². The first kappa shape index (κ1) is 17.0. The Hall–Kier alpha value is -2.02. The highest BCUT2D eigenvalue weighted by atomic mass is 19.1. The van der Waals surface area contributed by atoms with Crippen LogP contribution in [0.3, 0.4) is 0 Å². The molecule has 1 unspecified atom stereocenters. The minimum absolute atomic E-state index is 0.0721. The van der Waals surface area contributed by atoms with Gasteiger partial charge in [-0.15, -0.1) is 0 Å². The molecule has 5 nitrogen and oxygen atoms in total. The van der Waals surface area contributed by atoms with Crippen LogP contribution in [0.1, 0.15) is 31.4 Å². The van der Waals surface area contributed by atoms with Gasteiger partial charge in [0.1, 0.15) is 11.6 Å². The molecular weight excluding hydrogens is 282 g/mol. The second kappa shape index (κ2) is 8.31. The molecule has 2 amide bonds. The minimum atomic E-state index is -1.09. The summed E-state index contributed by atoms with van der Waals surface area (Å²) in [5.41, 5.74) is -0.343. The molecule has 1 aromatic carbocycles. The quantitative estimate of drug-likeness (QED) is 0.658. The van der Waals surface area contributed by atoms with Crippen molar-refractivity contribution in [2.24, 2.45) is 0 Å². The predicted octanol–water partition coefficient (Wildman–Crippen LogP) is 1.03. The fourth-order valence-corrected chi connectivity index (χ4v) is 1.88. The fourth-order valence-electron chi connectivity index (χ4n) is 1.88. The molecule has 0 saturated heterocycles. The van der Waals surface area contributed by atoms with E-state index in [1.54, 1.807) is 0 Å². The number of amides is 2. The lowest BCUT2D eigenvalue weighted by Crippen LogP contribution is -2.34. The molecule has 3 N–H and O–H groups in total. The van der Waals surface area contributed by atoms with Crippen molar-refractivity contribution in [3.63, 3.8) is 0 Å². The van der Waals surface area contributed by atoms with E-state index in [1.807, 2.05) is 0 Å². The van der Waals surface area contributed by atoms with E-state index in [9.17, 15) is 18.4 Å². The smallest absolute Gasteiger partial charge is 0.222 e. The largest absolute Gasteiger partial charge is 0.396 e. The molecular formula is C14H18F2N2O3. The Bertz CT molecular complexity index is 489. The topological polar surface area (TPSA) is 78.4 Å². The number of carbonyl (C=O) groups is 2. The Morgan fingerprint density at radius 3 is 2.43 bits per heavy atom. The predicted molar refractivity (Wildman–Crippen MR) is 72.2 cm³/mol. The summed E-state index contributed by atoms with van der Waals surface area (Å²) >= 11 is 0. The van der Waals surface area contributed by atoms with Crippen LogP contribution in [0.25, 0.3) is 0 Å². The van der Waals surface area contributed by atoms with E-state index in [-0.39, 0.29) is 25.1 Å². The lowest BCUT2D eigenvalue weighted by molar-refractivity contribution is -0.122. The van der Waals surface area contributed by atoms with Crippen molar-refractivity contribution in [1.29, 1.82) is 0 Å². The number of aliphatic hydroxyl groups excluding tert-OH is 1. The van der Waals surface area contributed by atoms with E-state index in [4.69, 9.17) is 5.11 Å².